The van der Waals surface area contributed by atoms with Crippen molar-refractivity contribution < 1.29 is 9.18 Å². The summed E-state index contributed by atoms with van der Waals surface area (Å²) >= 11 is 0. The number of benzene rings is 1. The van der Waals surface area contributed by atoms with Gasteiger partial charge in [0.25, 0.3) is 0 Å². The van der Waals surface area contributed by atoms with E-state index in [-0.39, 0.29) is 36.0 Å². The van der Waals surface area contributed by atoms with Crippen molar-refractivity contribution in [3.8, 4) is 0 Å². The first-order valence-corrected chi connectivity index (χ1v) is 6.39. The molecule has 0 radical (unpaired) electrons. The third kappa shape index (κ3) is 3.67. The zero-order chi connectivity index (χ0) is 13.1. The number of nitrogens with one attached hydrogen (secondary N) is 1. The van der Waals surface area contributed by atoms with Crippen LogP contribution in [0.1, 0.15) is 24.8 Å². The summed E-state index contributed by atoms with van der Waals surface area (Å²) in [5, 5.41) is 2.78. The van der Waals surface area contributed by atoms with E-state index in [0.29, 0.717) is 17.8 Å². The summed E-state index contributed by atoms with van der Waals surface area (Å²) in [4.78, 5) is 12.1. The molecule has 1 fully saturated rings. The largest absolute Gasteiger partial charge is 0.330 e. The Morgan fingerprint density at radius 3 is 2.84 bits per heavy atom. The fourth-order valence-electron chi connectivity index (χ4n) is 2.57. The van der Waals surface area contributed by atoms with Gasteiger partial charge in [-0.1, -0.05) is 12.5 Å². The number of halogens is 2. The summed E-state index contributed by atoms with van der Waals surface area (Å²) in [6.07, 6.45) is 2.93. The number of hydrogen-bond donors (Lipinski definition) is 2. The lowest BCUT2D eigenvalue weighted by Gasteiger charge is -2.17. The zero-order valence-electron chi connectivity index (χ0n) is 11.0. The van der Waals surface area contributed by atoms with Crippen LogP contribution in [0.5, 0.6) is 0 Å². The molecule has 19 heavy (non-hydrogen) atoms. The maximum atomic E-state index is 13.4. The van der Waals surface area contributed by atoms with Gasteiger partial charge < -0.3 is 11.1 Å². The first-order valence-electron chi connectivity index (χ1n) is 6.39. The molecule has 2 atom stereocenters. The smallest absolute Gasteiger partial charge is 0.227 e. The van der Waals surface area contributed by atoms with E-state index in [2.05, 4.69) is 5.32 Å². The van der Waals surface area contributed by atoms with Gasteiger partial charge in [0.1, 0.15) is 5.82 Å². The Labute approximate surface area is 119 Å². The van der Waals surface area contributed by atoms with Crippen LogP contribution in [-0.2, 0) is 4.79 Å². The van der Waals surface area contributed by atoms with Crippen LogP contribution in [0.2, 0.25) is 0 Å². The fraction of sp³-hybridized carbons (Fsp3) is 0.500. The normalized spacial score (nSPS) is 21.8. The molecule has 0 aromatic heterocycles. The number of rotatable bonds is 3. The zero-order valence-corrected chi connectivity index (χ0v) is 11.8. The van der Waals surface area contributed by atoms with E-state index >= 15 is 0 Å². The van der Waals surface area contributed by atoms with Gasteiger partial charge in [-0.05, 0) is 49.9 Å². The Morgan fingerprint density at radius 1 is 1.47 bits per heavy atom. The van der Waals surface area contributed by atoms with Crippen LogP contribution in [0.4, 0.5) is 10.1 Å². The molecule has 0 heterocycles. The van der Waals surface area contributed by atoms with E-state index in [4.69, 9.17) is 5.73 Å². The topological polar surface area (TPSA) is 55.1 Å². The van der Waals surface area contributed by atoms with Crippen molar-refractivity contribution in [1.82, 2.24) is 0 Å². The number of aryl methyl sites for hydroxylation is 1. The van der Waals surface area contributed by atoms with Crippen molar-refractivity contribution in [2.45, 2.75) is 26.2 Å². The molecule has 1 saturated carbocycles. The van der Waals surface area contributed by atoms with Crippen LogP contribution in [0, 0.1) is 24.6 Å². The first-order chi connectivity index (χ1) is 8.61. The number of hydrogen-bond acceptors (Lipinski definition) is 2. The molecule has 0 saturated heterocycles. The van der Waals surface area contributed by atoms with Crippen LogP contribution < -0.4 is 11.1 Å². The van der Waals surface area contributed by atoms with Crippen molar-refractivity contribution >= 4 is 24.0 Å². The highest BCUT2D eigenvalue weighted by Gasteiger charge is 2.31. The number of anilines is 1. The summed E-state index contributed by atoms with van der Waals surface area (Å²) in [5.74, 6) is -0.0968. The van der Waals surface area contributed by atoms with Crippen LogP contribution in [0.15, 0.2) is 18.2 Å². The Kier molecular flexibility index (Phi) is 5.76. The van der Waals surface area contributed by atoms with Crippen molar-refractivity contribution in [3.05, 3.63) is 29.6 Å². The summed E-state index contributed by atoms with van der Waals surface area (Å²) < 4.78 is 13.4. The monoisotopic (exact) mass is 286 g/mol. The van der Waals surface area contributed by atoms with Crippen molar-refractivity contribution in [2.75, 3.05) is 11.9 Å². The van der Waals surface area contributed by atoms with E-state index < -0.39 is 0 Å². The molecular formula is C14H20ClFN2O. The van der Waals surface area contributed by atoms with Crippen LogP contribution in [0.25, 0.3) is 0 Å². The Morgan fingerprint density at radius 2 is 2.21 bits per heavy atom. The molecule has 0 spiro atoms. The standard InChI is InChI=1S/C14H19FN2O.ClH/c1-9-5-6-11(7-13(9)15)17-14(18)12-4-2-3-10(12)8-16;/h5-7,10,12H,2-4,8,16H2,1H3,(H,17,18);1H/t10-,12-;/m1./s1. The second kappa shape index (κ2) is 6.87. The number of carbonyl (C=O) groups excluding carboxylic acids is 1. The van der Waals surface area contributed by atoms with Crippen molar-refractivity contribution in [1.29, 1.82) is 0 Å². The molecule has 1 aliphatic carbocycles. The van der Waals surface area contributed by atoms with E-state index in [1.807, 2.05) is 0 Å². The minimum atomic E-state index is -0.297. The second-order valence-electron chi connectivity index (χ2n) is 4.99. The predicted molar refractivity (Wildman–Crippen MR) is 76.9 cm³/mol. The molecular weight excluding hydrogens is 267 g/mol. The highest BCUT2D eigenvalue weighted by atomic mass is 35.5. The minimum Gasteiger partial charge on any atom is -0.330 e. The average Bonchev–Trinajstić information content (AvgIpc) is 2.82. The molecule has 0 aliphatic heterocycles. The lowest BCUT2D eigenvalue weighted by molar-refractivity contribution is -0.120. The molecule has 2 rings (SSSR count). The summed E-state index contributed by atoms with van der Waals surface area (Å²) in [6, 6.07) is 4.75. The van der Waals surface area contributed by atoms with Gasteiger partial charge in [-0.25, -0.2) is 4.39 Å². The SMILES string of the molecule is Cc1ccc(NC(=O)[C@@H]2CCC[C@@H]2CN)cc1F.Cl. The molecule has 1 aliphatic rings. The lowest BCUT2D eigenvalue weighted by Crippen LogP contribution is -2.29. The maximum absolute atomic E-state index is 13.4. The molecule has 3 nitrogen and oxygen atoms in total. The molecule has 106 valence electrons. The number of amides is 1. The van der Waals surface area contributed by atoms with Gasteiger partial charge in [0, 0.05) is 11.6 Å². The molecule has 1 amide bonds. The Balaban J connectivity index is 0.00000180. The van der Waals surface area contributed by atoms with Crippen molar-refractivity contribution in [3.63, 3.8) is 0 Å². The maximum Gasteiger partial charge on any atom is 0.227 e. The fourth-order valence-corrected chi connectivity index (χ4v) is 2.57. The van der Waals surface area contributed by atoms with Crippen LogP contribution in [0.3, 0.4) is 0 Å². The number of carbonyl (C=O) groups is 1. The first kappa shape index (κ1) is 15.9. The molecule has 5 heteroatoms. The Bertz CT molecular complexity index is 453. The third-order valence-corrected chi connectivity index (χ3v) is 3.74. The minimum absolute atomic E-state index is 0. The van der Waals surface area contributed by atoms with Crippen molar-refractivity contribution in [2.24, 2.45) is 17.6 Å². The summed E-state index contributed by atoms with van der Waals surface area (Å²) in [5.41, 5.74) is 6.76. The van der Waals surface area contributed by atoms with Gasteiger partial charge in [0.05, 0.1) is 0 Å². The molecule has 1 aromatic rings. The highest BCUT2D eigenvalue weighted by molar-refractivity contribution is 5.92. The molecule has 1 aromatic carbocycles. The second-order valence-corrected chi connectivity index (χ2v) is 4.99. The highest BCUT2D eigenvalue weighted by Crippen LogP contribution is 2.31. The summed E-state index contributed by atoms with van der Waals surface area (Å²) in [6.45, 7) is 2.24. The van der Waals surface area contributed by atoms with Gasteiger partial charge in [0.15, 0.2) is 0 Å². The van der Waals surface area contributed by atoms with E-state index in [1.54, 1.807) is 19.1 Å². The number of nitrogens with two attached hydrogens (primary N) is 1. The summed E-state index contributed by atoms with van der Waals surface area (Å²) in [7, 11) is 0. The quantitative estimate of drug-likeness (QED) is 0.898. The van der Waals surface area contributed by atoms with E-state index in [0.717, 1.165) is 19.3 Å². The van der Waals surface area contributed by atoms with Gasteiger partial charge >= 0.3 is 0 Å². The predicted octanol–water partition coefficient (Wildman–Crippen LogP) is 2.87. The van der Waals surface area contributed by atoms with Gasteiger partial charge in [0.2, 0.25) is 5.91 Å². The van der Waals surface area contributed by atoms with Gasteiger partial charge in [-0.3, -0.25) is 4.79 Å². The van der Waals surface area contributed by atoms with Crippen LogP contribution >= 0.6 is 12.4 Å². The van der Waals surface area contributed by atoms with Crippen LogP contribution in [-0.4, -0.2) is 12.5 Å². The third-order valence-electron chi connectivity index (χ3n) is 3.74. The van der Waals surface area contributed by atoms with E-state index in [1.165, 1.54) is 6.07 Å². The molecule has 0 bridgehead atoms. The van der Waals surface area contributed by atoms with Gasteiger partial charge in [-0.2, -0.15) is 0 Å². The average molecular weight is 287 g/mol. The molecule has 0 unspecified atom stereocenters. The lowest BCUT2D eigenvalue weighted by atomic mass is 9.95. The molecule has 3 N–H and O–H groups in total. The van der Waals surface area contributed by atoms with E-state index in [9.17, 15) is 9.18 Å². The van der Waals surface area contributed by atoms with Gasteiger partial charge in [-0.15, -0.1) is 12.4 Å². The Hall–Kier alpha value is -1.13.